The van der Waals surface area contributed by atoms with Crippen molar-refractivity contribution in [2.45, 2.75) is 0 Å². The van der Waals surface area contributed by atoms with Gasteiger partial charge in [-0.25, -0.2) is 0 Å². The zero-order chi connectivity index (χ0) is 19.1. The number of aromatic nitrogens is 2. The fourth-order valence-electron chi connectivity index (χ4n) is 5.02. The molecule has 0 spiro atoms. The molecule has 0 saturated carbocycles. The Bertz CT molecular complexity index is 1700. The molecule has 0 atom stereocenters. The molecule has 3 aromatic carbocycles. The van der Waals surface area contributed by atoms with Gasteiger partial charge in [0, 0.05) is 31.7 Å². The van der Waals surface area contributed by atoms with Crippen LogP contribution >= 0.6 is 15.9 Å². The summed E-state index contributed by atoms with van der Waals surface area (Å²) in [5.74, 6) is 0. The standard InChI is InChI=1S/C26H15BrN2/c27-16-14-22-18-10-4-5-11-19(18)25-24-20-12-6-7-13-21(20)28(17-8-2-1-3-9-17)26(24)23(15-16)29(22)25/h1-15H. The zero-order valence-corrected chi connectivity index (χ0v) is 17.0. The monoisotopic (exact) mass is 434 g/mol. The van der Waals surface area contributed by atoms with Gasteiger partial charge in [-0.1, -0.05) is 76.6 Å². The average molecular weight is 435 g/mol. The first-order chi connectivity index (χ1) is 14.3. The molecule has 3 heteroatoms. The Kier molecular flexibility index (Phi) is 2.90. The van der Waals surface area contributed by atoms with E-state index in [1.54, 1.807) is 0 Å². The summed E-state index contributed by atoms with van der Waals surface area (Å²) in [7, 11) is 0. The van der Waals surface area contributed by atoms with Crippen molar-refractivity contribution in [1.29, 1.82) is 0 Å². The maximum Gasteiger partial charge on any atom is 0.0804 e. The minimum absolute atomic E-state index is 1.10. The molecular formula is C26H15BrN2. The summed E-state index contributed by atoms with van der Waals surface area (Å²) in [6.45, 7) is 0. The Labute approximate surface area is 175 Å². The van der Waals surface area contributed by atoms with Gasteiger partial charge in [-0.2, -0.15) is 0 Å². The average Bonchev–Trinajstić information content (AvgIpc) is 3.38. The highest BCUT2D eigenvalue weighted by molar-refractivity contribution is 9.10. The SMILES string of the molecule is Brc1cc2c3ccccc3c3c4c5ccccc5n(-c5ccccc5)c4c(c1)n23. The molecule has 0 aliphatic heterocycles. The van der Waals surface area contributed by atoms with Crippen molar-refractivity contribution in [3.63, 3.8) is 0 Å². The molecule has 0 saturated heterocycles. The van der Waals surface area contributed by atoms with E-state index < -0.39 is 0 Å². The van der Waals surface area contributed by atoms with Crippen molar-refractivity contribution < 1.29 is 0 Å². The van der Waals surface area contributed by atoms with E-state index in [1.807, 2.05) is 0 Å². The Morgan fingerprint density at radius 3 is 2.03 bits per heavy atom. The van der Waals surface area contributed by atoms with E-state index in [2.05, 4.69) is 116 Å². The minimum atomic E-state index is 1.10. The summed E-state index contributed by atoms with van der Waals surface area (Å²) >= 11 is 3.77. The van der Waals surface area contributed by atoms with Crippen LogP contribution in [-0.4, -0.2) is 8.97 Å². The minimum Gasteiger partial charge on any atom is -0.307 e. The van der Waals surface area contributed by atoms with Crippen LogP contribution in [0.2, 0.25) is 0 Å². The molecular weight excluding hydrogens is 420 g/mol. The maximum absolute atomic E-state index is 3.77. The summed E-state index contributed by atoms with van der Waals surface area (Å²) in [4.78, 5) is 0. The van der Waals surface area contributed by atoms with Crippen LogP contribution < -0.4 is 0 Å². The van der Waals surface area contributed by atoms with Crippen LogP contribution in [0.15, 0.2) is 95.5 Å². The van der Waals surface area contributed by atoms with Crippen LogP contribution in [0, 0.1) is 0 Å². The molecule has 0 amide bonds. The summed E-state index contributed by atoms with van der Waals surface area (Å²) < 4.78 is 5.95. The van der Waals surface area contributed by atoms with E-state index in [1.165, 1.54) is 54.8 Å². The number of nitrogens with zero attached hydrogens (tertiary/aromatic N) is 2. The summed E-state index contributed by atoms with van der Waals surface area (Å²) in [5, 5.41) is 5.23. The van der Waals surface area contributed by atoms with Crippen molar-refractivity contribution in [3.05, 3.63) is 95.5 Å². The number of halogens is 1. The third kappa shape index (κ3) is 1.86. The lowest BCUT2D eigenvalue weighted by atomic mass is 10.1. The molecule has 7 rings (SSSR count). The number of hydrogen-bond donors (Lipinski definition) is 0. The molecule has 0 unspecified atom stereocenters. The topological polar surface area (TPSA) is 9.34 Å². The molecule has 7 aromatic rings. The molecule has 0 N–H and O–H groups in total. The number of fused-ring (bicyclic) bond motifs is 8. The summed E-state index contributed by atoms with van der Waals surface area (Å²) in [5.41, 5.74) is 7.49. The number of pyridine rings is 1. The van der Waals surface area contributed by atoms with Crippen molar-refractivity contribution in [1.82, 2.24) is 8.97 Å². The van der Waals surface area contributed by atoms with E-state index in [0.717, 1.165) is 4.47 Å². The summed E-state index contributed by atoms with van der Waals surface area (Å²) in [6, 6.07) is 32.6. The van der Waals surface area contributed by atoms with Crippen LogP contribution in [0.25, 0.3) is 54.8 Å². The van der Waals surface area contributed by atoms with Gasteiger partial charge >= 0.3 is 0 Å². The number of benzene rings is 3. The van der Waals surface area contributed by atoms with E-state index >= 15 is 0 Å². The van der Waals surface area contributed by atoms with E-state index in [9.17, 15) is 0 Å². The lowest BCUT2D eigenvalue weighted by Crippen LogP contribution is -1.94. The lowest BCUT2D eigenvalue weighted by molar-refractivity contribution is 1.18. The predicted octanol–water partition coefficient (Wildman–Crippen LogP) is 7.54. The van der Waals surface area contributed by atoms with Crippen LogP contribution in [0.3, 0.4) is 0 Å². The highest BCUT2D eigenvalue weighted by atomic mass is 79.9. The molecule has 0 fully saturated rings. The predicted molar refractivity (Wildman–Crippen MR) is 126 cm³/mol. The van der Waals surface area contributed by atoms with Crippen molar-refractivity contribution in [3.8, 4) is 5.69 Å². The molecule has 0 bridgehead atoms. The largest absolute Gasteiger partial charge is 0.307 e. The van der Waals surface area contributed by atoms with Gasteiger partial charge < -0.3 is 8.97 Å². The lowest BCUT2D eigenvalue weighted by Gasteiger charge is -2.08. The van der Waals surface area contributed by atoms with Gasteiger partial charge in [-0.3, -0.25) is 0 Å². The van der Waals surface area contributed by atoms with Gasteiger partial charge in [0.05, 0.1) is 27.6 Å². The first kappa shape index (κ1) is 15.6. The van der Waals surface area contributed by atoms with Gasteiger partial charge in [-0.15, -0.1) is 0 Å². The Morgan fingerprint density at radius 2 is 1.21 bits per heavy atom. The van der Waals surface area contributed by atoms with E-state index in [4.69, 9.17) is 0 Å². The van der Waals surface area contributed by atoms with Gasteiger partial charge in [0.15, 0.2) is 0 Å². The second kappa shape index (κ2) is 5.40. The first-order valence-electron chi connectivity index (χ1n) is 9.75. The van der Waals surface area contributed by atoms with Crippen molar-refractivity contribution >= 4 is 65.1 Å². The zero-order valence-electron chi connectivity index (χ0n) is 15.4. The third-order valence-corrected chi connectivity index (χ3v) is 6.54. The molecule has 0 radical (unpaired) electrons. The van der Waals surface area contributed by atoms with E-state index in [0.29, 0.717) is 0 Å². The van der Waals surface area contributed by atoms with Gasteiger partial charge in [0.25, 0.3) is 0 Å². The second-order valence-electron chi connectivity index (χ2n) is 7.59. The van der Waals surface area contributed by atoms with Crippen LogP contribution in [0.4, 0.5) is 0 Å². The molecule has 2 nitrogen and oxygen atoms in total. The fourth-order valence-corrected chi connectivity index (χ4v) is 5.46. The number of hydrogen-bond acceptors (Lipinski definition) is 0. The van der Waals surface area contributed by atoms with Gasteiger partial charge in [0.1, 0.15) is 0 Å². The highest BCUT2D eigenvalue weighted by Crippen LogP contribution is 2.45. The quantitative estimate of drug-likeness (QED) is 0.252. The maximum atomic E-state index is 3.77. The van der Waals surface area contributed by atoms with Crippen molar-refractivity contribution in [2.75, 3.05) is 0 Å². The molecule has 136 valence electrons. The molecule has 0 aliphatic rings. The van der Waals surface area contributed by atoms with Crippen LogP contribution in [-0.2, 0) is 0 Å². The van der Waals surface area contributed by atoms with E-state index in [-0.39, 0.29) is 0 Å². The fraction of sp³-hybridized carbons (Fsp3) is 0. The van der Waals surface area contributed by atoms with Crippen molar-refractivity contribution in [2.24, 2.45) is 0 Å². The highest BCUT2D eigenvalue weighted by Gasteiger charge is 2.24. The van der Waals surface area contributed by atoms with Gasteiger partial charge in [-0.05, 0) is 30.3 Å². The first-order valence-corrected chi connectivity index (χ1v) is 10.5. The molecule has 0 aliphatic carbocycles. The Hall–Kier alpha value is -3.30. The molecule has 4 heterocycles. The third-order valence-electron chi connectivity index (χ3n) is 6.08. The second-order valence-corrected chi connectivity index (χ2v) is 8.50. The summed E-state index contributed by atoms with van der Waals surface area (Å²) in [6.07, 6.45) is 0. The van der Waals surface area contributed by atoms with Gasteiger partial charge in [0.2, 0.25) is 0 Å². The number of para-hydroxylation sites is 2. The van der Waals surface area contributed by atoms with Crippen LogP contribution in [0.1, 0.15) is 0 Å². The Morgan fingerprint density at radius 1 is 0.552 bits per heavy atom. The Balaban J connectivity index is 1.89. The molecule has 29 heavy (non-hydrogen) atoms. The molecule has 4 aromatic heterocycles. The van der Waals surface area contributed by atoms with Crippen LogP contribution in [0.5, 0.6) is 0 Å². The smallest absolute Gasteiger partial charge is 0.0804 e. The number of rotatable bonds is 1. The normalized spacial score (nSPS) is 12.3.